The number of likely N-dealkylation sites (N-methyl/N-ethyl adjacent to an activating group) is 2. The van der Waals surface area contributed by atoms with Crippen LogP contribution in [-0.4, -0.2) is 66.8 Å². The van der Waals surface area contributed by atoms with Crippen LogP contribution in [0.3, 0.4) is 0 Å². The number of thioether (sulfide) groups is 1. The van der Waals surface area contributed by atoms with Gasteiger partial charge >= 0.3 is 0 Å². The first-order valence-corrected chi connectivity index (χ1v) is 7.06. The van der Waals surface area contributed by atoms with Crippen molar-refractivity contribution in [3.05, 3.63) is 0 Å². The van der Waals surface area contributed by atoms with Gasteiger partial charge in [0.2, 0.25) is 11.8 Å². The molecule has 6 heteroatoms. The largest absolute Gasteiger partial charge is 0.347 e. The van der Waals surface area contributed by atoms with Gasteiger partial charge in [0.15, 0.2) is 0 Å². The van der Waals surface area contributed by atoms with Gasteiger partial charge in [-0.3, -0.25) is 9.59 Å². The number of amides is 2. The molecule has 0 bridgehead atoms. The van der Waals surface area contributed by atoms with E-state index in [4.69, 9.17) is 5.73 Å². The summed E-state index contributed by atoms with van der Waals surface area (Å²) in [6, 6.07) is -0.502. The van der Waals surface area contributed by atoms with Crippen LogP contribution < -0.4 is 5.73 Å². The van der Waals surface area contributed by atoms with Crippen molar-refractivity contribution in [3.63, 3.8) is 0 Å². The average molecular weight is 261 g/mol. The zero-order valence-electron chi connectivity index (χ0n) is 11.1. The van der Waals surface area contributed by atoms with Gasteiger partial charge < -0.3 is 15.5 Å². The van der Waals surface area contributed by atoms with Gasteiger partial charge in [0.1, 0.15) is 0 Å². The second-order valence-electron chi connectivity index (χ2n) is 4.03. The van der Waals surface area contributed by atoms with Gasteiger partial charge in [0, 0.05) is 20.6 Å². The van der Waals surface area contributed by atoms with Crippen LogP contribution in [0.25, 0.3) is 0 Å². The Balaban J connectivity index is 4.34. The van der Waals surface area contributed by atoms with E-state index in [-0.39, 0.29) is 18.4 Å². The van der Waals surface area contributed by atoms with Gasteiger partial charge in [-0.15, -0.1) is 0 Å². The Hall–Kier alpha value is -0.750. The molecule has 0 saturated carbocycles. The fourth-order valence-electron chi connectivity index (χ4n) is 1.25. The zero-order valence-corrected chi connectivity index (χ0v) is 11.9. The van der Waals surface area contributed by atoms with Crippen LogP contribution in [0.4, 0.5) is 0 Å². The highest BCUT2D eigenvalue weighted by molar-refractivity contribution is 7.98. The highest BCUT2D eigenvalue weighted by Gasteiger charge is 2.21. The Morgan fingerprint density at radius 3 is 2.35 bits per heavy atom. The van der Waals surface area contributed by atoms with E-state index in [0.29, 0.717) is 13.0 Å². The maximum atomic E-state index is 12.0. The molecule has 0 fully saturated rings. The van der Waals surface area contributed by atoms with Gasteiger partial charge in [-0.05, 0) is 25.4 Å². The standard InChI is InChI=1S/C11H23N3O2S/c1-5-14(8-10(15)13(2)3)11(16)9(12)6-7-17-4/h9H,5-8,12H2,1-4H3/t9-/m1/s1. The monoisotopic (exact) mass is 261 g/mol. The third-order valence-electron chi connectivity index (χ3n) is 2.47. The Labute approximate surface area is 108 Å². The molecule has 100 valence electrons. The molecule has 0 aromatic carbocycles. The van der Waals surface area contributed by atoms with E-state index >= 15 is 0 Å². The summed E-state index contributed by atoms with van der Waals surface area (Å²) < 4.78 is 0. The molecule has 0 aromatic rings. The molecule has 0 unspecified atom stereocenters. The van der Waals surface area contributed by atoms with Gasteiger partial charge in [-0.1, -0.05) is 0 Å². The van der Waals surface area contributed by atoms with Gasteiger partial charge in [0.05, 0.1) is 12.6 Å². The molecule has 17 heavy (non-hydrogen) atoms. The normalized spacial score (nSPS) is 12.1. The summed E-state index contributed by atoms with van der Waals surface area (Å²) in [5.41, 5.74) is 5.80. The van der Waals surface area contributed by atoms with Crippen molar-refractivity contribution in [2.24, 2.45) is 5.73 Å². The molecular formula is C11H23N3O2S. The van der Waals surface area contributed by atoms with Gasteiger partial charge in [-0.2, -0.15) is 11.8 Å². The van der Waals surface area contributed by atoms with E-state index in [9.17, 15) is 9.59 Å². The van der Waals surface area contributed by atoms with Gasteiger partial charge in [-0.25, -0.2) is 0 Å². The first-order valence-electron chi connectivity index (χ1n) is 5.67. The highest BCUT2D eigenvalue weighted by Crippen LogP contribution is 2.03. The predicted octanol–water partition coefficient (Wildman–Crippen LogP) is 0.00350. The summed E-state index contributed by atoms with van der Waals surface area (Å²) in [6.07, 6.45) is 2.62. The molecule has 0 spiro atoms. The maximum absolute atomic E-state index is 12.0. The first kappa shape index (κ1) is 16.2. The van der Waals surface area contributed by atoms with E-state index in [1.165, 1.54) is 9.80 Å². The van der Waals surface area contributed by atoms with Crippen molar-refractivity contribution in [2.75, 3.05) is 39.2 Å². The number of carbonyl (C=O) groups excluding carboxylic acids is 2. The molecule has 0 radical (unpaired) electrons. The quantitative estimate of drug-likeness (QED) is 0.701. The molecule has 0 aliphatic carbocycles. The van der Waals surface area contributed by atoms with Gasteiger partial charge in [0.25, 0.3) is 0 Å². The molecule has 2 amide bonds. The first-order chi connectivity index (χ1) is 7.93. The number of nitrogens with zero attached hydrogens (tertiary/aromatic N) is 2. The molecule has 5 nitrogen and oxygen atoms in total. The number of carbonyl (C=O) groups is 2. The second kappa shape index (κ2) is 8.36. The molecule has 1 atom stereocenters. The summed E-state index contributed by atoms with van der Waals surface area (Å²) in [7, 11) is 3.35. The third kappa shape index (κ3) is 5.93. The molecule has 0 aliphatic heterocycles. The van der Waals surface area contributed by atoms with Crippen molar-refractivity contribution in [1.29, 1.82) is 0 Å². The highest BCUT2D eigenvalue weighted by atomic mass is 32.2. The minimum Gasteiger partial charge on any atom is -0.347 e. The van der Waals surface area contributed by atoms with E-state index in [1.807, 2.05) is 13.2 Å². The van der Waals surface area contributed by atoms with E-state index in [1.54, 1.807) is 25.9 Å². The Morgan fingerprint density at radius 1 is 1.35 bits per heavy atom. The smallest absolute Gasteiger partial charge is 0.241 e. The summed E-state index contributed by atoms with van der Waals surface area (Å²) >= 11 is 1.66. The second-order valence-corrected chi connectivity index (χ2v) is 5.01. The predicted molar refractivity (Wildman–Crippen MR) is 71.9 cm³/mol. The van der Waals surface area contributed by atoms with Crippen molar-refractivity contribution in [1.82, 2.24) is 9.80 Å². The summed E-state index contributed by atoms with van der Waals surface area (Å²) in [4.78, 5) is 26.5. The lowest BCUT2D eigenvalue weighted by Crippen LogP contribution is -2.47. The topological polar surface area (TPSA) is 66.6 Å². The summed E-state index contributed by atoms with van der Waals surface area (Å²) in [6.45, 7) is 2.46. The summed E-state index contributed by atoms with van der Waals surface area (Å²) in [5.74, 6) is 0.625. The van der Waals surface area contributed by atoms with Crippen LogP contribution in [0.1, 0.15) is 13.3 Å². The van der Waals surface area contributed by atoms with Crippen LogP contribution in [-0.2, 0) is 9.59 Å². The molecule has 0 heterocycles. The molecule has 2 N–H and O–H groups in total. The van der Waals surface area contributed by atoms with Crippen LogP contribution in [0.15, 0.2) is 0 Å². The molecule has 0 aromatic heterocycles. The minimum absolute atomic E-state index is 0.0859. The third-order valence-corrected chi connectivity index (χ3v) is 3.11. The lowest BCUT2D eigenvalue weighted by atomic mass is 10.2. The van der Waals surface area contributed by atoms with Crippen LogP contribution in [0.5, 0.6) is 0 Å². The van der Waals surface area contributed by atoms with Crippen LogP contribution in [0, 0.1) is 0 Å². The molecule has 0 saturated heterocycles. The van der Waals surface area contributed by atoms with Crippen LogP contribution in [0.2, 0.25) is 0 Å². The fraction of sp³-hybridized carbons (Fsp3) is 0.818. The number of nitrogens with two attached hydrogens (primary N) is 1. The number of hydrogen-bond acceptors (Lipinski definition) is 4. The number of hydrogen-bond donors (Lipinski definition) is 1. The lowest BCUT2D eigenvalue weighted by Gasteiger charge is -2.25. The Kier molecular flexibility index (Phi) is 7.99. The Bertz CT molecular complexity index is 259. The maximum Gasteiger partial charge on any atom is 0.241 e. The summed E-state index contributed by atoms with van der Waals surface area (Å²) in [5, 5.41) is 0. The fourth-order valence-corrected chi connectivity index (χ4v) is 1.74. The Morgan fingerprint density at radius 2 is 1.94 bits per heavy atom. The van der Waals surface area contributed by atoms with Crippen molar-refractivity contribution >= 4 is 23.6 Å². The van der Waals surface area contributed by atoms with Crippen LogP contribution >= 0.6 is 11.8 Å². The molecule has 0 aliphatic rings. The van der Waals surface area contributed by atoms with E-state index in [0.717, 1.165) is 5.75 Å². The molecule has 0 rings (SSSR count). The lowest BCUT2D eigenvalue weighted by molar-refractivity contribution is -0.139. The van der Waals surface area contributed by atoms with Crippen molar-refractivity contribution < 1.29 is 9.59 Å². The number of rotatable bonds is 7. The van der Waals surface area contributed by atoms with Crippen molar-refractivity contribution in [2.45, 2.75) is 19.4 Å². The minimum atomic E-state index is -0.502. The van der Waals surface area contributed by atoms with E-state index in [2.05, 4.69) is 0 Å². The van der Waals surface area contributed by atoms with Crippen molar-refractivity contribution in [3.8, 4) is 0 Å². The zero-order chi connectivity index (χ0) is 13.4. The van der Waals surface area contributed by atoms with E-state index < -0.39 is 6.04 Å². The SMILES string of the molecule is CCN(CC(=O)N(C)C)C(=O)[C@H](N)CCSC. The molecular weight excluding hydrogens is 238 g/mol. The average Bonchev–Trinajstić information content (AvgIpc) is 2.31.